The first-order valence-electron chi connectivity index (χ1n) is 5.93. The Labute approximate surface area is 84.9 Å². The fraction of sp³-hybridized carbons (Fsp3) is 1.00. The molecule has 1 aliphatic carbocycles. The second-order valence-electron chi connectivity index (χ2n) is 6.09. The van der Waals surface area contributed by atoms with Crippen LogP contribution in [0.2, 0.25) is 5.31 Å². The van der Waals surface area contributed by atoms with Gasteiger partial charge in [0.1, 0.15) is 7.85 Å². The first-order chi connectivity index (χ1) is 5.93. The number of hydrogen-bond donors (Lipinski definition) is 0. The predicted molar refractivity (Wildman–Crippen MR) is 62.9 cm³/mol. The van der Waals surface area contributed by atoms with Gasteiger partial charge in [0.2, 0.25) is 0 Å². The van der Waals surface area contributed by atoms with Crippen LogP contribution in [0.25, 0.3) is 0 Å². The molecule has 0 radical (unpaired) electrons. The van der Waals surface area contributed by atoms with Gasteiger partial charge in [-0.3, -0.25) is 0 Å². The van der Waals surface area contributed by atoms with Crippen molar-refractivity contribution in [1.29, 1.82) is 0 Å². The minimum absolute atomic E-state index is 0.599. The molecule has 1 fully saturated rings. The van der Waals surface area contributed by atoms with E-state index in [1.165, 1.54) is 25.7 Å². The molecule has 0 amide bonds. The molecule has 1 saturated carbocycles. The van der Waals surface area contributed by atoms with Crippen molar-refractivity contribution in [2.24, 2.45) is 17.8 Å². The van der Waals surface area contributed by atoms with E-state index in [1.54, 1.807) is 0 Å². The molecule has 3 unspecified atom stereocenters. The van der Waals surface area contributed by atoms with Crippen LogP contribution < -0.4 is 0 Å². The Kier molecular flexibility index (Phi) is 3.48. The third kappa shape index (κ3) is 2.75. The van der Waals surface area contributed by atoms with Crippen molar-refractivity contribution >= 4 is 7.85 Å². The fourth-order valence-corrected chi connectivity index (χ4v) is 3.10. The summed E-state index contributed by atoms with van der Waals surface area (Å²) in [4.78, 5) is 0. The second kappa shape index (κ2) is 4.06. The summed E-state index contributed by atoms with van der Waals surface area (Å²) in [6.45, 7) is 9.64. The zero-order valence-electron chi connectivity index (χ0n) is 10.1. The Morgan fingerprint density at radius 3 is 2.54 bits per heavy atom. The molecule has 1 rings (SSSR count). The number of hydrogen-bond acceptors (Lipinski definition) is 0. The van der Waals surface area contributed by atoms with Crippen molar-refractivity contribution in [2.75, 3.05) is 0 Å². The summed E-state index contributed by atoms with van der Waals surface area (Å²) in [5.41, 5.74) is 0. The average Bonchev–Trinajstić information content (AvgIpc) is 1.96. The first-order valence-corrected chi connectivity index (χ1v) is 5.93. The quantitative estimate of drug-likeness (QED) is 0.572. The fourth-order valence-electron chi connectivity index (χ4n) is 3.10. The molecular weight excluding hydrogens is 155 g/mol. The summed E-state index contributed by atoms with van der Waals surface area (Å²) in [5, 5.41) is 0.599. The minimum Gasteiger partial charge on any atom is -0.0667 e. The molecule has 0 aliphatic heterocycles. The molecule has 13 heavy (non-hydrogen) atoms. The van der Waals surface area contributed by atoms with Crippen molar-refractivity contribution in [2.45, 2.75) is 58.7 Å². The van der Waals surface area contributed by atoms with E-state index in [0.29, 0.717) is 5.31 Å². The highest BCUT2D eigenvalue weighted by Gasteiger charge is 2.36. The Morgan fingerprint density at radius 1 is 1.46 bits per heavy atom. The molecule has 0 aromatic carbocycles. The summed E-state index contributed by atoms with van der Waals surface area (Å²) < 4.78 is 0. The van der Waals surface area contributed by atoms with Crippen molar-refractivity contribution < 1.29 is 0 Å². The highest BCUT2D eigenvalue weighted by atomic mass is 14.4. The lowest BCUT2D eigenvalue weighted by atomic mass is 9.51. The van der Waals surface area contributed by atoms with Gasteiger partial charge in [-0.15, -0.1) is 0 Å². The lowest BCUT2D eigenvalue weighted by Gasteiger charge is -2.44. The van der Waals surface area contributed by atoms with Crippen molar-refractivity contribution in [3.8, 4) is 0 Å². The molecule has 1 aliphatic rings. The Balaban J connectivity index is 2.63. The van der Waals surface area contributed by atoms with Gasteiger partial charge in [0, 0.05) is 0 Å². The van der Waals surface area contributed by atoms with Crippen LogP contribution in [0.4, 0.5) is 0 Å². The molecule has 0 spiro atoms. The van der Waals surface area contributed by atoms with E-state index in [4.69, 9.17) is 0 Å². The van der Waals surface area contributed by atoms with E-state index in [2.05, 4.69) is 35.5 Å². The van der Waals surface area contributed by atoms with Crippen LogP contribution in [0.1, 0.15) is 53.4 Å². The molecule has 76 valence electrons. The molecule has 0 nitrogen and oxygen atoms in total. The normalized spacial score (nSPS) is 41.0. The van der Waals surface area contributed by atoms with Crippen LogP contribution in [0.5, 0.6) is 0 Å². The molecular formula is C12H25B. The molecule has 0 heterocycles. The van der Waals surface area contributed by atoms with Gasteiger partial charge in [0.25, 0.3) is 0 Å². The van der Waals surface area contributed by atoms with Gasteiger partial charge in [-0.25, -0.2) is 0 Å². The lowest BCUT2D eigenvalue weighted by molar-refractivity contribution is 0.165. The highest BCUT2D eigenvalue weighted by molar-refractivity contribution is 6.15. The van der Waals surface area contributed by atoms with Gasteiger partial charge >= 0.3 is 0 Å². The summed E-state index contributed by atoms with van der Waals surface area (Å²) in [6.07, 6.45) is 5.77. The first kappa shape index (κ1) is 11.1. The monoisotopic (exact) mass is 180 g/mol. The Hall–Kier alpha value is 0.0649. The van der Waals surface area contributed by atoms with E-state index < -0.39 is 0 Å². The van der Waals surface area contributed by atoms with Crippen LogP contribution in [0.3, 0.4) is 0 Å². The standard InChI is InChI=1S/C12H25B/c1-9(2)8-11-10(3)6-5-7-12(11,4)13/h9-11H,5-8,13H2,1-4H3. The smallest absolute Gasteiger partial charge is 0.0667 e. The molecule has 0 aromatic rings. The molecule has 1 heteroatoms. The highest BCUT2D eigenvalue weighted by Crippen LogP contribution is 2.49. The third-order valence-electron chi connectivity index (χ3n) is 3.90. The summed E-state index contributed by atoms with van der Waals surface area (Å²) in [5.74, 6) is 2.78. The Bertz CT molecular complexity index is 161. The molecule has 0 saturated heterocycles. The largest absolute Gasteiger partial charge is 0.109 e. The zero-order chi connectivity index (χ0) is 10.1. The summed E-state index contributed by atoms with van der Waals surface area (Å²) in [6, 6.07) is 0. The van der Waals surface area contributed by atoms with Crippen LogP contribution in [0, 0.1) is 17.8 Å². The van der Waals surface area contributed by atoms with Crippen molar-refractivity contribution in [3.63, 3.8) is 0 Å². The topological polar surface area (TPSA) is 0 Å². The van der Waals surface area contributed by atoms with Gasteiger partial charge in [-0.2, -0.15) is 0 Å². The van der Waals surface area contributed by atoms with Crippen molar-refractivity contribution in [3.05, 3.63) is 0 Å². The number of rotatable bonds is 2. The second-order valence-corrected chi connectivity index (χ2v) is 6.09. The van der Waals surface area contributed by atoms with E-state index in [9.17, 15) is 0 Å². The van der Waals surface area contributed by atoms with E-state index in [0.717, 1.165) is 17.8 Å². The van der Waals surface area contributed by atoms with Crippen LogP contribution in [-0.2, 0) is 0 Å². The van der Waals surface area contributed by atoms with Gasteiger partial charge in [-0.1, -0.05) is 52.3 Å². The molecule has 3 atom stereocenters. The average molecular weight is 180 g/mol. The van der Waals surface area contributed by atoms with Crippen LogP contribution >= 0.6 is 0 Å². The summed E-state index contributed by atoms with van der Waals surface area (Å²) in [7, 11) is 2.47. The van der Waals surface area contributed by atoms with Gasteiger partial charge in [0.05, 0.1) is 0 Å². The maximum absolute atomic E-state index is 2.47. The minimum atomic E-state index is 0.599. The molecule has 0 N–H and O–H groups in total. The summed E-state index contributed by atoms with van der Waals surface area (Å²) >= 11 is 0. The van der Waals surface area contributed by atoms with E-state index >= 15 is 0 Å². The SMILES string of the molecule is BC1(C)CCCC(C)C1CC(C)C. The van der Waals surface area contributed by atoms with Gasteiger partial charge in [0.15, 0.2) is 0 Å². The third-order valence-corrected chi connectivity index (χ3v) is 3.90. The maximum Gasteiger partial charge on any atom is 0.109 e. The predicted octanol–water partition coefficient (Wildman–Crippen LogP) is 3.28. The molecule has 0 aromatic heterocycles. The van der Waals surface area contributed by atoms with Gasteiger partial charge in [-0.05, 0) is 24.2 Å². The Morgan fingerprint density at radius 2 is 2.08 bits per heavy atom. The lowest BCUT2D eigenvalue weighted by Crippen LogP contribution is -2.32. The van der Waals surface area contributed by atoms with E-state index in [-0.39, 0.29) is 0 Å². The molecule has 0 bridgehead atoms. The van der Waals surface area contributed by atoms with Crippen molar-refractivity contribution in [1.82, 2.24) is 0 Å². The van der Waals surface area contributed by atoms with E-state index in [1.807, 2.05) is 0 Å². The van der Waals surface area contributed by atoms with Gasteiger partial charge < -0.3 is 0 Å². The van der Waals surface area contributed by atoms with Crippen LogP contribution in [0.15, 0.2) is 0 Å². The maximum atomic E-state index is 2.47. The van der Waals surface area contributed by atoms with Crippen LogP contribution in [-0.4, -0.2) is 7.85 Å². The zero-order valence-corrected chi connectivity index (χ0v) is 10.1.